The predicted molar refractivity (Wildman–Crippen MR) is 65.3 cm³/mol. The van der Waals surface area contributed by atoms with Gasteiger partial charge in [0.2, 0.25) is 0 Å². The molecule has 3 rings (SSSR count). The molecule has 1 fully saturated rings. The van der Waals surface area contributed by atoms with Crippen molar-refractivity contribution < 1.29 is 4.79 Å². The number of hydrogen-bond acceptors (Lipinski definition) is 3. The van der Waals surface area contributed by atoms with E-state index in [0.717, 1.165) is 37.1 Å². The van der Waals surface area contributed by atoms with Crippen LogP contribution in [0.4, 0.5) is 0 Å². The quantitative estimate of drug-likeness (QED) is 0.807. The Morgan fingerprint density at radius 3 is 3.24 bits per heavy atom. The van der Waals surface area contributed by atoms with Crippen LogP contribution in [0.2, 0.25) is 0 Å². The number of nitrogens with zero attached hydrogens (tertiary/aromatic N) is 2. The minimum atomic E-state index is 0.658. The van der Waals surface area contributed by atoms with Crippen molar-refractivity contribution in [3.05, 3.63) is 35.8 Å². The highest BCUT2D eigenvalue weighted by Crippen LogP contribution is 2.16. The van der Waals surface area contributed by atoms with Crippen molar-refractivity contribution in [3.63, 3.8) is 0 Å². The lowest BCUT2D eigenvalue weighted by atomic mass is 10.0. The normalized spacial score (nSPS) is 19.9. The zero-order valence-corrected chi connectivity index (χ0v) is 9.60. The number of pyridine rings is 1. The third-order valence-electron chi connectivity index (χ3n) is 3.35. The minimum Gasteiger partial charge on any atom is -0.316 e. The summed E-state index contributed by atoms with van der Waals surface area (Å²) in [4.78, 5) is 15.5. The standard InChI is InChI=1S/C13H15N3O/c17-9-12-2-1-3-13-15-11(8-16(12)13)6-10-4-5-14-7-10/h1-3,8-10,14H,4-7H2. The van der Waals surface area contributed by atoms with E-state index in [1.54, 1.807) is 0 Å². The molecule has 88 valence electrons. The van der Waals surface area contributed by atoms with Crippen molar-refractivity contribution in [2.45, 2.75) is 12.8 Å². The summed E-state index contributed by atoms with van der Waals surface area (Å²) in [6.45, 7) is 2.19. The van der Waals surface area contributed by atoms with Gasteiger partial charge >= 0.3 is 0 Å². The SMILES string of the molecule is O=Cc1cccc2nc(CC3CCNC3)cn12. The molecule has 0 aromatic carbocycles. The van der Waals surface area contributed by atoms with Gasteiger partial charge < -0.3 is 5.32 Å². The maximum atomic E-state index is 10.9. The maximum absolute atomic E-state index is 10.9. The summed E-state index contributed by atoms with van der Waals surface area (Å²) < 4.78 is 1.87. The van der Waals surface area contributed by atoms with Gasteiger partial charge in [-0.25, -0.2) is 4.98 Å². The van der Waals surface area contributed by atoms with E-state index in [1.165, 1.54) is 6.42 Å². The van der Waals surface area contributed by atoms with E-state index in [4.69, 9.17) is 0 Å². The van der Waals surface area contributed by atoms with Crippen molar-refractivity contribution in [3.8, 4) is 0 Å². The van der Waals surface area contributed by atoms with Crippen LogP contribution in [0.1, 0.15) is 22.6 Å². The van der Waals surface area contributed by atoms with Crippen molar-refractivity contribution in [1.82, 2.24) is 14.7 Å². The molecule has 1 unspecified atom stereocenters. The molecule has 3 heterocycles. The highest BCUT2D eigenvalue weighted by atomic mass is 16.1. The lowest BCUT2D eigenvalue weighted by molar-refractivity contribution is 0.111. The van der Waals surface area contributed by atoms with Crippen LogP contribution in [-0.2, 0) is 6.42 Å². The lowest BCUT2D eigenvalue weighted by Crippen LogP contribution is -2.10. The Balaban J connectivity index is 1.92. The Kier molecular flexibility index (Phi) is 2.65. The van der Waals surface area contributed by atoms with Crippen LogP contribution in [0, 0.1) is 5.92 Å². The molecule has 0 radical (unpaired) electrons. The number of rotatable bonds is 3. The smallest absolute Gasteiger partial charge is 0.166 e. The molecule has 0 amide bonds. The third-order valence-corrected chi connectivity index (χ3v) is 3.35. The first-order valence-corrected chi connectivity index (χ1v) is 6.00. The molecular weight excluding hydrogens is 214 g/mol. The van der Waals surface area contributed by atoms with E-state index < -0.39 is 0 Å². The number of carbonyl (C=O) groups excluding carboxylic acids is 1. The Hall–Kier alpha value is -1.68. The Morgan fingerprint density at radius 1 is 1.53 bits per heavy atom. The molecule has 4 nitrogen and oxygen atoms in total. The van der Waals surface area contributed by atoms with Crippen LogP contribution < -0.4 is 5.32 Å². The molecular formula is C13H15N3O. The van der Waals surface area contributed by atoms with Crippen LogP contribution in [0.25, 0.3) is 5.65 Å². The minimum absolute atomic E-state index is 0.658. The number of hydrogen-bond donors (Lipinski definition) is 1. The van der Waals surface area contributed by atoms with Gasteiger partial charge in [0.05, 0.1) is 11.4 Å². The third kappa shape index (κ3) is 1.96. The van der Waals surface area contributed by atoms with Crippen molar-refractivity contribution in [2.75, 3.05) is 13.1 Å². The fourth-order valence-corrected chi connectivity index (χ4v) is 2.46. The van der Waals surface area contributed by atoms with Gasteiger partial charge in [0.15, 0.2) is 6.29 Å². The van der Waals surface area contributed by atoms with Crippen molar-refractivity contribution in [2.24, 2.45) is 5.92 Å². The largest absolute Gasteiger partial charge is 0.316 e. The van der Waals surface area contributed by atoms with E-state index in [-0.39, 0.29) is 0 Å². The first kappa shape index (κ1) is 10.5. The summed E-state index contributed by atoms with van der Waals surface area (Å²) in [5, 5.41) is 3.36. The summed E-state index contributed by atoms with van der Waals surface area (Å²) in [5.41, 5.74) is 2.59. The van der Waals surface area contributed by atoms with Crippen LogP contribution in [0.3, 0.4) is 0 Å². The molecule has 1 saturated heterocycles. The lowest BCUT2D eigenvalue weighted by Gasteiger charge is -2.03. The molecule has 1 atom stereocenters. The van der Waals surface area contributed by atoms with Crippen molar-refractivity contribution >= 4 is 11.9 Å². The fraction of sp³-hybridized carbons (Fsp3) is 0.385. The molecule has 0 spiro atoms. The van der Waals surface area contributed by atoms with Crippen LogP contribution >= 0.6 is 0 Å². The summed E-state index contributed by atoms with van der Waals surface area (Å²) in [6.07, 6.45) is 5.06. The topological polar surface area (TPSA) is 46.4 Å². The maximum Gasteiger partial charge on any atom is 0.166 e. The molecule has 1 aliphatic rings. The molecule has 4 heteroatoms. The molecule has 17 heavy (non-hydrogen) atoms. The first-order valence-electron chi connectivity index (χ1n) is 6.00. The predicted octanol–water partition coefficient (Wildman–Crippen LogP) is 1.30. The molecule has 1 N–H and O–H groups in total. The van der Waals surface area contributed by atoms with E-state index in [1.807, 2.05) is 28.8 Å². The molecule has 1 aliphatic heterocycles. The average Bonchev–Trinajstić information content (AvgIpc) is 2.97. The summed E-state index contributed by atoms with van der Waals surface area (Å²) in [5.74, 6) is 0.680. The van der Waals surface area contributed by atoms with E-state index in [2.05, 4.69) is 10.3 Å². The van der Waals surface area contributed by atoms with E-state index >= 15 is 0 Å². The molecule has 0 bridgehead atoms. The van der Waals surface area contributed by atoms with Crippen molar-refractivity contribution in [1.29, 1.82) is 0 Å². The first-order chi connectivity index (χ1) is 8.36. The summed E-state index contributed by atoms with van der Waals surface area (Å²) in [7, 11) is 0. The number of carbonyl (C=O) groups is 1. The van der Waals surface area contributed by atoms with Crippen LogP contribution in [-0.4, -0.2) is 28.8 Å². The van der Waals surface area contributed by atoms with Gasteiger partial charge in [-0.1, -0.05) is 6.07 Å². The van der Waals surface area contributed by atoms with Crippen LogP contribution in [0.5, 0.6) is 0 Å². The zero-order valence-electron chi connectivity index (χ0n) is 9.60. The van der Waals surface area contributed by atoms with Gasteiger partial charge in [-0.3, -0.25) is 9.20 Å². The number of aromatic nitrogens is 2. The number of aldehydes is 1. The monoisotopic (exact) mass is 229 g/mol. The fourth-order valence-electron chi connectivity index (χ4n) is 2.46. The van der Waals surface area contributed by atoms with E-state index in [9.17, 15) is 4.79 Å². The van der Waals surface area contributed by atoms with Crippen LogP contribution in [0.15, 0.2) is 24.4 Å². The molecule has 2 aromatic heterocycles. The van der Waals surface area contributed by atoms with E-state index in [0.29, 0.717) is 11.6 Å². The second-order valence-corrected chi connectivity index (χ2v) is 4.59. The van der Waals surface area contributed by atoms with Gasteiger partial charge in [0.25, 0.3) is 0 Å². The van der Waals surface area contributed by atoms with Gasteiger partial charge in [-0.15, -0.1) is 0 Å². The molecule has 0 aliphatic carbocycles. The second-order valence-electron chi connectivity index (χ2n) is 4.59. The number of fused-ring (bicyclic) bond motifs is 1. The zero-order chi connectivity index (χ0) is 11.7. The van der Waals surface area contributed by atoms with Gasteiger partial charge in [0, 0.05) is 6.20 Å². The number of nitrogens with one attached hydrogen (secondary N) is 1. The molecule has 2 aromatic rings. The Labute approximate surface area is 99.7 Å². The second kappa shape index (κ2) is 4.30. The van der Waals surface area contributed by atoms with Gasteiger partial charge in [0.1, 0.15) is 5.65 Å². The Morgan fingerprint density at radius 2 is 2.47 bits per heavy atom. The Bertz CT molecular complexity index is 541. The highest BCUT2D eigenvalue weighted by Gasteiger charge is 2.16. The summed E-state index contributed by atoms with van der Waals surface area (Å²) in [6, 6.07) is 5.61. The summed E-state index contributed by atoms with van der Waals surface area (Å²) >= 11 is 0. The highest BCUT2D eigenvalue weighted by molar-refractivity contribution is 5.73. The molecule has 0 saturated carbocycles. The van der Waals surface area contributed by atoms with Gasteiger partial charge in [-0.05, 0) is 44.0 Å². The van der Waals surface area contributed by atoms with Gasteiger partial charge in [-0.2, -0.15) is 0 Å². The number of imidazole rings is 1. The average molecular weight is 229 g/mol.